The first-order valence-corrected chi connectivity index (χ1v) is 6.46. The Bertz CT molecular complexity index is 553. The molecule has 0 saturated heterocycles. The van der Waals surface area contributed by atoms with E-state index in [1.165, 1.54) is 25.4 Å². The van der Waals surface area contributed by atoms with Gasteiger partial charge in [0.15, 0.2) is 0 Å². The fourth-order valence-electron chi connectivity index (χ4n) is 1.69. The molecule has 0 unspecified atom stereocenters. The van der Waals surface area contributed by atoms with Crippen molar-refractivity contribution in [2.24, 2.45) is 0 Å². The normalized spacial score (nSPS) is 9.40. The molecule has 1 aromatic carbocycles. The van der Waals surface area contributed by atoms with Crippen LogP contribution >= 0.6 is 0 Å². The van der Waals surface area contributed by atoms with Gasteiger partial charge in [-0.25, -0.2) is 9.18 Å². The van der Waals surface area contributed by atoms with Gasteiger partial charge in [0, 0.05) is 12.4 Å². The molecule has 0 atom stereocenters. The van der Waals surface area contributed by atoms with Crippen LogP contribution in [-0.2, 0) is 11.2 Å². The molecule has 0 saturated carbocycles. The predicted molar refractivity (Wildman–Crippen MR) is 76.1 cm³/mol. The average Bonchev–Trinajstić information content (AvgIpc) is 2.51. The summed E-state index contributed by atoms with van der Waals surface area (Å²) in [7, 11) is 1.33. The number of carbonyl (C=O) groups excluding carboxylic acids is 1. The number of rotatable bonds is 3. The summed E-state index contributed by atoms with van der Waals surface area (Å²) in [5.74, 6) is -0.693. The molecule has 1 aromatic heterocycles. The molecule has 20 heavy (non-hydrogen) atoms. The molecule has 2 aromatic rings. The van der Waals surface area contributed by atoms with Crippen LogP contribution in [0.4, 0.5) is 4.39 Å². The van der Waals surface area contributed by atoms with Crippen molar-refractivity contribution in [2.75, 3.05) is 7.11 Å². The van der Waals surface area contributed by atoms with Crippen molar-refractivity contribution in [3.63, 3.8) is 0 Å². The Labute approximate surface area is 118 Å². The van der Waals surface area contributed by atoms with Crippen LogP contribution in [0.15, 0.2) is 42.7 Å². The highest BCUT2D eigenvalue weighted by Crippen LogP contribution is 2.14. The molecule has 0 spiro atoms. The number of nitrogens with zero attached hydrogens (tertiary/aromatic N) is 1. The number of benzene rings is 1. The van der Waals surface area contributed by atoms with Gasteiger partial charge in [0.25, 0.3) is 0 Å². The van der Waals surface area contributed by atoms with Crippen LogP contribution in [0, 0.1) is 5.82 Å². The fourth-order valence-corrected chi connectivity index (χ4v) is 1.69. The van der Waals surface area contributed by atoms with Gasteiger partial charge in [-0.2, -0.15) is 0 Å². The molecule has 0 aliphatic carbocycles. The van der Waals surface area contributed by atoms with Crippen molar-refractivity contribution in [1.29, 1.82) is 0 Å². The quantitative estimate of drug-likeness (QED) is 0.803. The summed E-state index contributed by atoms with van der Waals surface area (Å²) in [6.07, 6.45) is 3.63. The standard InChI is InChI=1S/C14H12FNO2.C2H6/c1-18-14(17)13-9-16-7-6-11(13)8-10-2-4-12(15)5-3-10;1-2/h2-7,9H,8H2,1H3;1-2H3. The van der Waals surface area contributed by atoms with Crippen molar-refractivity contribution in [3.8, 4) is 0 Å². The minimum absolute atomic E-state index is 0.276. The van der Waals surface area contributed by atoms with Crippen molar-refractivity contribution >= 4 is 5.97 Å². The summed E-state index contributed by atoms with van der Waals surface area (Å²) >= 11 is 0. The van der Waals surface area contributed by atoms with Gasteiger partial charge in [-0.15, -0.1) is 0 Å². The Hall–Kier alpha value is -2.23. The Morgan fingerprint density at radius 3 is 2.45 bits per heavy atom. The lowest BCUT2D eigenvalue weighted by Gasteiger charge is -2.07. The molecule has 0 N–H and O–H groups in total. The zero-order valence-electron chi connectivity index (χ0n) is 11.9. The lowest BCUT2D eigenvalue weighted by molar-refractivity contribution is 0.0599. The van der Waals surface area contributed by atoms with Gasteiger partial charge >= 0.3 is 5.97 Å². The number of carbonyl (C=O) groups is 1. The minimum atomic E-state index is -0.416. The predicted octanol–water partition coefficient (Wildman–Crippen LogP) is 3.62. The molecule has 4 heteroatoms. The number of ether oxygens (including phenoxy) is 1. The molecule has 0 amide bonds. The van der Waals surface area contributed by atoms with E-state index < -0.39 is 5.97 Å². The van der Waals surface area contributed by atoms with Gasteiger partial charge in [0.2, 0.25) is 0 Å². The number of methoxy groups -OCH3 is 1. The van der Waals surface area contributed by atoms with E-state index in [0.29, 0.717) is 12.0 Å². The van der Waals surface area contributed by atoms with E-state index in [4.69, 9.17) is 4.74 Å². The molecule has 0 aliphatic heterocycles. The lowest BCUT2D eigenvalue weighted by atomic mass is 10.0. The fraction of sp³-hybridized carbons (Fsp3) is 0.250. The van der Waals surface area contributed by atoms with E-state index in [1.807, 2.05) is 13.8 Å². The molecule has 1 heterocycles. The SMILES string of the molecule is CC.COC(=O)c1cnccc1Cc1ccc(F)cc1. The van der Waals surface area contributed by atoms with E-state index in [2.05, 4.69) is 4.98 Å². The zero-order chi connectivity index (χ0) is 15.0. The van der Waals surface area contributed by atoms with Gasteiger partial charge in [-0.3, -0.25) is 4.98 Å². The van der Waals surface area contributed by atoms with E-state index >= 15 is 0 Å². The topological polar surface area (TPSA) is 39.2 Å². The zero-order valence-corrected chi connectivity index (χ0v) is 11.9. The highest BCUT2D eigenvalue weighted by Gasteiger charge is 2.11. The third-order valence-corrected chi connectivity index (χ3v) is 2.62. The highest BCUT2D eigenvalue weighted by molar-refractivity contribution is 5.90. The van der Waals surface area contributed by atoms with E-state index in [9.17, 15) is 9.18 Å². The van der Waals surface area contributed by atoms with Crippen molar-refractivity contribution in [2.45, 2.75) is 20.3 Å². The van der Waals surface area contributed by atoms with Crippen molar-refractivity contribution in [3.05, 3.63) is 65.2 Å². The maximum Gasteiger partial charge on any atom is 0.339 e. The third kappa shape index (κ3) is 4.16. The minimum Gasteiger partial charge on any atom is -0.465 e. The first-order valence-electron chi connectivity index (χ1n) is 6.46. The summed E-state index contributed by atoms with van der Waals surface area (Å²) < 4.78 is 17.5. The summed E-state index contributed by atoms with van der Waals surface area (Å²) in [6, 6.07) is 7.94. The second-order valence-electron chi connectivity index (χ2n) is 3.83. The van der Waals surface area contributed by atoms with Gasteiger partial charge in [0.1, 0.15) is 5.82 Å². The smallest absolute Gasteiger partial charge is 0.339 e. The van der Waals surface area contributed by atoms with Crippen LogP contribution in [0.5, 0.6) is 0 Å². The Morgan fingerprint density at radius 2 is 1.85 bits per heavy atom. The Balaban J connectivity index is 0.000000956. The first kappa shape index (κ1) is 15.8. The van der Waals surface area contributed by atoms with Crippen LogP contribution < -0.4 is 0 Å². The number of aromatic nitrogens is 1. The summed E-state index contributed by atoms with van der Waals surface area (Å²) in [5.41, 5.74) is 2.17. The van der Waals surface area contributed by atoms with Gasteiger partial charge in [-0.1, -0.05) is 26.0 Å². The van der Waals surface area contributed by atoms with E-state index in [1.54, 1.807) is 24.4 Å². The second-order valence-corrected chi connectivity index (χ2v) is 3.83. The average molecular weight is 275 g/mol. The number of esters is 1. The summed E-state index contributed by atoms with van der Waals surface area (Å²) in [6.45, 7) is 4.00. The summed E-state index contributed by atoms with van der Waals surface area (Å²) in [4.78, 5) is 15.5. The Kier molecular flexibility index (Phi) is 6.37. The van der Waals surface area contributed by atoms with Crippen LogP contribution in [0.1, 0.15) is 35.3 Å². The second kappa shape index (κ2) is 8.04. The lowest BCUT2D eigenvalue weighted by Crippen LogP contribution is -2.06. The van der Waals surface area contributed by atoms with Gasteiger partial charge < -0.3 is 4.74 Å². The maximum atomic E-state index is 12.8. The number of hydrogen-bond acceptors (Lipinski definition) is 3. The molecular weight excluding hydrogens is 257 g/mol. The number of halogens is 1. The van der Waals surface area contributed by atoms with Crippen LogP contribution in [-0.4, -0.2) is 18.1 Å². The van der Waals surface area contributed by atoms with Crippen LogP contribution in [0.3, 0.4) is 0 Å². The molecule has 0 aliphatic rings. The highest BCUT2D eigenvalue weighted by atomic mass is 19.1. The van der Waals surface area contributed by atoms with Crippen LogP contribution in [0.2, 0.25) is 0 Å². The Morgan fingerprint density at radius 1 is 1.20 bits per heavy atom. The molecule has 0 fully saturated rings. The van der Waals surface area contributed by atoms with Gasteiger partial charge in [-0.05, 0) is 35.7 Å². The molecular formula is C16H18FNO2. The monoisotopic (exact) mass is 275 g/mol. The van der Waals surface area contributed by atoms with Crippen molar-refractivity contribution in [1.82, 2.24) is 4.98 Å². The third-order valence-electron chi connectivity index (χ3n) is 2.62. The molecule has 0 radical (unpaired) electrons. The van der Waals surface area contributed by atoms with E-state index in [-0.39, 0.29) is 5.82 Å². The van der Waals surface area contributed by atoms with Gasteiger partial charge in [0.05, 0.1) is 12.7 Å². The number of hydrogen-bond donors (Lipinski definition) is 0. The molecule has 106 valence electrons. The first-order chi connectivity index (χ1) is 9.70. The molecule has 2 rings (SSSR count). The van der Waals surface area contributed by atoms with E-state index in [0.717, 1.165) is 11.1 Å². The summed E-state index contributed by atoms with van der Waals surface area (Å²) in [5, 5.41) is 0. The largest absolute Gasteiger partial charge is 0.465 e. The van der Waals surface area contributed by atoms with Crippen molar-refractivity contribution < 1.29 is 13.9 Å². The molecule has 0 bridgehead atoms. The van der Waals surface area contributed by atoms with Crippen LogP contribution in [0.25, 0.3) is 0 Å². The number of pyridine rings is 1. The maximum absolute atomic E-state index is 12.8. The molecule has 3 nitrogen and oxygen atoms in total.